The molecule has 2 rings (SSSR count). The van der Waals surface area contributed by atoms with E-state index in [4.69, 9.17) is 10.00 Å². The van der Waals surface area contributed by atoms with Gasteiger partial charge in [-0.25, -0.2) is 0 Å². The molecule has 0 saturated heterocycles. The van der Waals surface area contributed by atoms with Crippen molar-refractivity contribution in [1.29, 1.82) is 5.26 Å². The average Bonchev–Trinajstić information content (AvgIpc) is 2.56. The van der Waals surface area contributed by atoms with Crippen LogP contribution in [-0.4, -0.2) is 17.6 Å². The zero-order valence-electron chi connectivity index (χ0n) is 12.6. The number of hydrogen-bond acceptors (Lipinski definition) is 5. The van der Waals surface area contributed by atoms with E-state index < -0.39 is 18.5 Å². The van der Waals surface area contributed by atoms with E-state index >= 15 is 0 Å². The van der Waals surface area contributed by atoms with Crippen LogP contribution in [0.2, 0.25) is 0 Å². The molecule has 0 heterocycles. The third-order valence-corrected chi connectivity index (χ3v) is 7.22. The summed E-state index contributed by atoms with van der Waals surface area (Å²) in [5.41, 5.74) is -0.774. The fourth-order valence-electron chi connectivity index (χ4n) is 2.25. The van der Waals surface area contributed by atoms with Gasteiger partial charge in [0, 0.05) is 17.5 Å². The van der Waals surface area contributed by atoms with Gasteiger partial charge in [-0.3, -0.25) is 4.79 Å². The van der Waals surface area contributed by atoms with Crippen molar-refractivity contribution < 1.29 is 14.1 Å². The van der Waals surface area contributed by atoms with Crippen LogP contribution in [0.1, 0.15) is 6.92 Å². The van der Waals surface area contributed by atoms with Gasteiger partial charge in [-0.05, 0) is 11.8 Å². The summed E-state index contributed by atoms with van der Waals surface area (Å²) >= 11 is 0.811. The fraction of sp³-hybridized carbons (Fsp3) is 0.176. The fourth-order valence-corrected chi connectivity index (χ4v) is 6.00. The largest absolute Gasteiger partial charge is 0.450 e. The van der Waals surface area contributed by atoms with Crippen LogP contribution >= 0.6 is 18.9 Å². The van der Waals surface area contributed by atoms with Crippen molar-refractivity contribution in [3.63, 3.8) is 0 Å². The zero-order chi connectivity index (χ0) is 16.7. The molecular weight excluding hydrogens is 329 g/mol. The second-order valence-electron chi connectivity index (χ2n) is 4.84. The molecule has 0 N–H and O–H groups in total. The first-order chi connectivity index (χ1) is 11.1. The minimum absolute atomic E-state index is 0.0822. The van der Waals surface area contributed by atoms with Crippen LogP contribution in [0.5, 0.6) is 0 Å². The topological polar surface area (TPSA) is 67.2 Å². The summed E-state index contributed by atoms with van der Waals surface area (Å²) in [6.07, 6.45) is 0.0822. The molecule has 23 heavy (non-hydrogen) atoms. The van der Waals surface area contributed by atoms with E-state index in [9.17, 15) is 9.36 Å². The van der Waals surface area contributed by atoms with Gasteiger partial charge >= 0.3 is 5.97 Å². The van der Waals surface area contributed by atoms with Gasteiger partial charge in [0.2, 0.25) is 0 Å². The molecule has 4 nitrogen and oxygen atoms in total. The summed E-state index contributed by atoms with van der Waals surface area (Å²) in [5, 5.41) is 12.2. The molecule has 0 aliphatic carbocycles. The van der Waals surface area contributed by atoms with Gasteiger partial charge in [0.05, 0.1) is 6.16 Å². The van der Waals surface area contributed by atoms with Crippen molar-refractivity contribution in [1.82, 2.24) is 0 Å². The molecule has 118 valence electrons. The Balaban J connectivity index is 2.44. The van der Waals surface area contributed by atoms with E-state index in [1.54, 1.807) is 24.3 Å². The van der Waals surface area contributed by atoms with Crippen LogP contribution in [-0.2, 0) is 14.1 Å². The highest BCUT2D eigenvalue weighted by Gasteiger charge is 2.32. The first kappa shape index (κ1) is 17.3. The van der Waals surface area contributed by atoms with Crippen LogP contribution in [0.15, 0.2) is 60.7 Å². The lowest BCUT2D eigenvalue weighted by atomic mass is 10.4. The zero-order valence-corrected chi connectivity index (χ0v) is 14.3. The Morgan fingerprint density at radius 2 is 1.61 bits per heavy atom. The maximum atomic E-state index is 13.8. The summed E-state index contributed by atoms with van der Waals surface area (Å²) in [4.78, 5) is 11.3. The van der Waals surface area contributed by atoms with Gasteiger partial charge in [-0.2, -0.15) is 5.26 Å². The molecule has 6 heteroatoms. The third-order valence-electron chi connectivity index (χ3n) is 3.23. The molecule has 1 atom stereocenters. The first-order valence-corrected chi connectivity index (χ1v) is 9.75. The molecule has 1 unspecified atom stereocenters. The van der Waals surface area contributed by atoms with Crippen molar-refractivity contribution in [2.45, 2.75) is 12.4 Å². The number of thioether (sulfide) groups is 1. The van der Waals surface area contributed by atoms with Crippen molar-refractivity contribution in [2.75, 3.05) is 6.16 Å². The van der Waals surface area contributed by atoms with Crippen LogP contribution < -0.4 is 10.6 Å². The number of rotatable bonds is 6. The van der Waals surface area contributed by atoms with E-state index in [0.29, 0.717) is 10.6 Å². The molecule has 0 spiro atoms. The Bertz CT molecular complexity index is 700. The van der Waals surface area contributed by atoms with Gasteiger partial charge in [0.1, 0.15) is 12.5 Å². The maximum absolute atomic E-state index is 13.8. The monoisotopic (exact) mass is 345 g/mol. The third kappa shape index (κ3) is 4.48. The summed E-state index contributed by atoms with van der Waals surface area (Å²) < 4.78 is 18.9. The van der Waals surface area contributed by atoms with Crippen molar-refractivity contribution in [2.24, 2.45) is 0 Å². The highest BCUT2D eigenvalue weighted by atomic mass is 32.2. The van der Waals surface area contributed by atoms with Gasteiger partial charge in [0.15, 0.2) is 5.44 Å². The lowest BCUT2D eigenvalue weighted by Crippen LogP contribution is -2.26. The SMILES string of the molecule is CC(=O)OC(CP(=O)(c1ccccc1)c1ccccc1)SC#N. The second-order valence-corrected chi connectivity index (χ2v) is 8.66. The number of nitrogens with zero attached hydrogens (tertiary/aromatic N) is 1. The molecule has 2 aromatic carbocycles. The first-order valence-electron chi connectivity index (χ1n) is 6.98. The van der Waals surface area contributed by atoms with Crippen molar-refractivity contribution in [3.05, 3.63) is 60.7 Å². The van der Waals surface area contributed by atoms with Gasteiger partial charge in [-0.1, -0.05) is 60.7 Å². The van der Waals surface area contributed by atoms with Crippen LogP contribution in [0.25, 0.3) is 0 Å². The quantitative estimate of drug-likeness (QED) is 0.348. The number of carbonyl (C=O) groups is 1. The molecule has 0 bridgehead atoms. The van der Waals surface area contributed by atoms with E-state index in [1.165, 1.54) is 6.92 Å². The maximum Gasteiger partial charge on any atom is 0.303 e. The Morgan fingerprint density at radius 1 is 1.13 bits per heavy atom. The smallest absolute Gasteiger partial charge is 0.303 e. The molecule has 0 aliphatic rings. The Labute approximate surface area is 139 Å². The number of thiocyanates is 1. The minimum atomic E-state index is -3.02. The second kappa shape index (κ2) is 8.01. The Hall–Kier alpha value is -2.02. The van der Waals surface area contributed by atoms with E-state index in [0.717, 1.165) is 11.8 Å². The Kier molecular flexibility index (Phi) is 6.04. The molecule has 0 aliphatic heterocycles. The van der Waals surface area contributed by atoms with Gasteiger partial charge in [-0.15, -0.1) is 0 Å². The Morgan fingerprint density at radius 3 is 2.00 bits per heavy atom. The predicted octanol–water partition coefficient (Wildman–Crippen LogP) is 3.10. The standard InChI is InChI=1S/C17H16NO3PS/c1-14(19)21-17(23-13-18)12-22(20,15-8-4-2-5-9-15)16-10-6-3-7-11-16/h2-11,17H,12H2,1H3. The lowest BCUT2D eigenvalue weighted by molar-refractivity contribution is -0.141. The predicted molar refractivity (Wildman–Crippen MR) is 93.4 cm³/mol. The summed E-state index contributed by atoms with van der Waals surface area (Å²) in [6.45, 7) is 1.28. The number of esters is 1. The molecule has 0 radical (unpaired) electrons. The molecule has 0 aromatic heterocycles. The lowest BCUT2D eigenvalue weighted by Gasteiger charge is -2.23. The van der Waals surface area contributed by atoms with E-state index in [1.807, 2.05) is 41.8 Å². The molecule has 2 aromatic rings. The van der Waals surface area contributed by atoms with Gasteiger partial charge < -0.3 is 9.30 Å². The summed E-state index contributed by atoms with van der Waals surface area (Å²) in [7, 11) is -3.02. The highest BCUT2D eigenvalue weighted by molar-refractivity contribution is 8.04. The minimum Gasteiger partial charge on any atom is -0.450 e. The summed E-state index contributed by atoms with van der Waals surface area (Å²) in [6, 6.07) is 18.2. The molecular formula is C17H16NO3PS. The highest BCUT2D eigenvalue weighted by Crippen LogP contribution is 2.45. The van der Waals surface area contributed by atoms with Crippen molar-refractivity contribution >= 4 is 35.5 Å². The number of nitriles is 1. The van der Waals surface area contributed by atoms with Crippen LogP contribution in [0.4, 0.5) is 0 Å². The van der Waals surface area contributed by atoms with Gasteiger partial charge in [0.25, 0.3) is 0 Å². The number of ether oxygens (including phenoxy) is 1. The number of hydrogen-bond donors (Lipinski definition) is 0. The number of benzene rings is 2. The number of carbonyl (C=O) groups excluding carboxylic acids is 1. The summed E-state index contributed by atoms with van der Waals surface area (Å²) in [5.74, 6) is -0.495. The van der Waals surface area contributed by atoms with Crippen LogP contribution in [0, 0.1) is 10.7 Å². The molecule has 0 saturated carbocycles. The average molecular weight is 345 g/mol. The van der Waals surface area contributed by atoms with E-state index in [2.05, 4.69) is 0 Å². The normalized spacial score (nSPS) is 12.2. The molecule has 0 fully saturated rings. The molecule has 0 amide bonds. The van der Waals surface area contributed by atoms with E-state index in [-0.39, 0.29) is 6.16 Å². The van der Waals surface area contributed by atoms with Crippen LogP contribution in [0.3, 0.4) is 0 Å². The van der Waals surface area contributed by atoms with Crippen molar-refractivity contribution in [3.8, 4) is 5.40 Å².